The zero-order chi connectivity index (χ0) is 10.6. The number of benzene rings is 1. The van der Waals surface area contributed by atoms with E-state index in [-0.39, 0.29) is 18.5 Å². The standard InChI is InChI=1S/C11H15FO2/c1-8(2)10-6-9(12)4-5-11(10)14-7-13-3/h4-6,8H,7H2,1-3H3. The molecule has 0 radical (unpaired) electrons. The zero-order valence-electron chi connectivity index (χ0n) is 8.71. The van der Waals surface area contributed by atoms with Crippen LogP contribution in [0.1, 0.15) is 25.3 Å². The second-order valence-electron chi connectivity index (χ2n) is 3.39. The molecule has 0 saturated carbocycles. The van der Waals surface area contributed by atoms with Crippen molar-refractivity contribution in [3.05, 3.63) is 29.6 Å². The monoisotopic (exact) mass is 198 g/mol. The minimum absolute atomic E-state index is 0.186. The second kappa shape index (κ2) is 4.96. The average Bonchev–Trinajstić information content (AvgIpc) is 2.15. The van der Waals surface area contributed by atoms with E-state index < -0.39 is 0 Å². The predicted molar refractivity (Wildman–Crippen MR) is 53.0 cm³/mol. The molecular weight excluding hydrogens is 183 g/mol. The Kier molecular flexibility index (Phi) is 3.89. The normalized spacial score (nSPS) is 10.6. The molecule has 0 bridgehead atoms. The minimum atomic E-state index is -0.238. The molecule has 78 valence electrons. The molecule has 0 aliphatic rings. The molecule has 0 fully saturated rings. The molecule has 14 heavy (non-hydrogen) atoms. The first-order valence-electron chi connectivity index (χ1n) is 4.56. The number of hydrogen-bond donors (Lipinski definition) is 0. The van der Waals surface area contributed by atoms with Gasteiger partial charge >= 0.3 is 0 Å². The van der Waals surface area contributed by atoms with Crippen molar-refractivity contribution in [2.45, 2.75) is 19.8 Å². The van der Waals surface area contributed by atoms with Crippen LogP contribution in [0, 0.1) is 5.82 Å². The quantitative estimate of drug-likeness (QED) is 0.692. The second-order valence-corrected chi connectivity index (χ2v) is 3.39. The van der Waals surface area contributed by atoms with Crippen LogP contribution >= 0.6 is 0 Å². The van der Waals surface area contributed by atoms with Gasteiger partial charge in [-0.1, -0.05) is 13.8 Å². The van der Waals surface area contributed by atoms with Gasteiger partial charge in [0.1, 0.15) is 11.6 Å². The maximum atomic E-state index is 12.9. The van der Waals surface area contributed by atoms with Gasteiger partial charge in [0.25, 0.3) is 0 Å². The average molecular weight is 198 g/mol. The number of rotatable bonds is 4. The lowest BCUT2D eigenvalue weighted by molar-refractivity contribution is 0.0502. The molecule has 0 N–H and O–H groups in total. The highest BCUT2D eigenvalue weighted by atomic mass is 19.1. The Morgan fingerprint density at radius 1 is 1.36 bits per heavy atom. The van der Waals surface area contributed by atoms with E-state index in [0.29, 0.717) is 5.75 Å². The van der Waals surface area contributed by atoms with Gasteiger partial charge in [-0.15, -0.1) is 0 Å². The van der Waals surface area contributed by atoms with Gasteiger partial charge in [-0.05, 0) is 29.7 Å². The Balaban J connectivity index is 2.90. The third-order valence-electron chi connectivity index (χ3n) is 1.93. The summed E-state index contributed by atoms with van der Waals surface area (Å²) in [6.45, 7) is 4.17. The maximum Gasteiger partial charge on any atom is 0.188 e. The van der Waals surface area contributed by atoms with Crippen molar-refractivity contribution >= 4 is 0 Å². The van der Waals surface area contributed by atoms with Crippen molar-refractivity contribution in [1.29, 1.82) is 0 Å². The zero-order valence-corrected chi connectivity index (χ0v) is 8.71. The third-order valence-corrected chi connectivity index (χ3v) is 1.93. The van der Waals surface area contributed by atoms with E-state index in [9.17, 15) is 4.39 Å². The number of halogens is 1. The van der Waals surface area contributed by atoms with Crippen LogP contribution in [0.5, 0.6) is 5.75 Å². The van der Waals surface area contributed by atoms with Gasteiger partial charge in [-0.25, -0.2) is 4.39 Å². The van der Waals surface area contributed by atoms with Crippen LogP contribution in [0.2, 0.25) is 0 Å². The summed E-state index contributed by atoms with van der Waals surface area (Å²) in [5, 5.41) is 0. The molecule has 0 aromatic heterocycles. The molecule has 0 amide bonds. The smallest absolute Gasteiger partial charge is 0.188 e. The molecule has 0 atom stereocenters. The molecule has 3 heteroatoms. The van der Waals surface area contributed by atoms with Crippen molar-refractivity contribution < 1.29 is 13.9 Å². The fourth-order valence-corrected chi connectivity index (χ4v) is 1.22. The van der Waals surface area contributed by atoms with Crippen molar-refractivity contribution in [2.75, 3.05) is 13.9 Å². The van der Waals surface area contributed by atoms with E-state index in [1.54, 1.807) is 13.2 Å². The lowest BCUT2D eigenvalue weighted by Crippen LogP contribution is -2.02. The highest BCUT2D eigenvalue weighted by Crippen LogP contribution is 2.26. The Morgan fingerprint density at radius 2 is 2.07 bits per heavy atom. The molecule has 1 aromatic rings. The van der Waals surface area contributed by atoms with Gasteiger partial charge < -0.3 is 9.47 Å². The van der Waals surface area contributed by atoms with E-state index in [4.69, 9.17) is 9.47 Å². The topological polar surface area (TPSA) is 18.5 Å². The van der Waals surface area contributed by atoms with Crippen LogP contribution in [-0.2, 0) is 4.74 Å². The van der Waals surface area contributed by atoms with E-state index in [1.165, 1.54) is 12.1 Å². The lowest BCUT2D eigenvalue weighted by atomic mass is 10.0. The van der Waals surface area contributed by atoms with Gasteiger partial charge in [-0.2, -0.15) is 0 Å². The molecule has 0 aliphatic heterocycles. The van der Waals surface area contributed by atoms with Gasteiger partial charge in [0.2, 0.25) is 0 Å². The molecule has 0 spiro atoms. The Hall–Kier alpha value is -1.09. The predicted octanol–water partition coefficient (Wildman–Crippen LogP) is 2.93. The molecule has 0 heterocycles. The molecule has 2 nitrogen and oxygen atoms in total. The van der Waals surface area contributed by atoms with Gasteiger partial charge in [-0.3, -0.25) is 0 Å². The van der Waals surface area contributed by atoms with Crippen LogP contribution in [0.25, 0.3) is 0 Å². The van der Waals surface area contributed by atoms with Crippen LogP contribution in [0.3, 0.4) is 0 Å². The van der Waals surface area contributed by atoms with Crippen molar-refractivity contribution in [3.63, 3.8) is 0 Å². The van der Waals surface area contributed by atoms with E-state index >= 15 is 0 Å². The summed E-state index contributed by atoms with van der Waals surface area (Å²) in [6, 6.07) is 4.51. The van der Waals surface area contributed by atoms with Gasteiger partial charge in [0, 0.05) is 7.11 Å². The van der Waals surface area contributed by atoms with Crippen molar-refractivity contribution in [2.24, 2.45) is 0 Å². The van der Waals surface area contributed by atoms with Gasteiger partial charge in [0.15, 0.2) is 6.79 Å². The van der Waals surface area contributed by atoms with Crippen LogP contribution < -0.4 is 4.74 Å². The largest absolute Gasteiger partial charge is 0.467 e. The first-order valence-corrected chi connectivity index (χ1v) is 4.56. The SMILES string of the molecule is COCOc1ccc(F)cc1C(C)C. The third kappa shape index (κ3) is 2.70. The fourth-order valence-electron chi connectivity index (χ4n) is 1.22. The summed E-state index contributed by atoms with van der Waals surface area (Å²) in [5.41, 5.74) is 0.863. The Morgan fingerprint density at radius 3 is 2.64 bits per heavy atom. The van der Waals surface area contributed by atoms with Crippen molar-refractivity contribution in [1.82, 2.24) is 0 Å². The minimum Gasteiger partial charge on any atom is -0.467 e. The van der Waals surface area contributed by atoms with Gasteiger partial charge in [0.05, 0.1) is 0 Å². The Labute approximate surface area is 83.6 Å². The summed E-state index contributed by atoms with van der Waals surface area (Å²) in [4.78, 5) is 0. The summed E-state index contributed by atoms with van der Waals surface area (Å²) < 4.78 is 23.1. The first kappa shape index (κ1) is 11.0. The number of hydrogen-bond acceptors (Lipinski definition) is 2. The molecule has 1 aromatic carbocycles. The summed E-state index contributed by atoms with van der Waals surface area (Å²) in [5.74, 6) is 0.680. The number of methoxy groups -OCH3 is 1. The molecule has 0 aliphatic carbocycles. The number of ether oxygens (including phenoxy) is 2. The lowest BCUT2D eigenvalue weighted by Gasteiger charge is -2.13. The summed E-state index contributed by atoms with van der Waals surface area (Å²) in [6.07, 6.45) is 0. The van der Waals surface area contributed by atoms with E-state index in [0.717, 1.165) is 5.56 Å². The maximum absolute atomic E-state index is 12.9. The van der Waals surface area contributed by atoms with E-state index in [1.807, 2.05) is 13.8 Å². The van der Waals surface area contributed by atoms with Crippen LogP contribution in [0.15, 0.2) is 18.2 Å². The highest BCUT2D eigenvalue weighted by Gasteiger charge is 2.08. The van der Waals surface area contributed by atoms with Crippen molar-refractivity contribution in [3.8, 4) is 5.75 Å². The van der Waals surface area contributed by atoms with Crippen LogP contribution in [0.4, 0.5) is 4.39 Å². The Bertz CT molecular complexity index is 297. The van der Waals surface area contributed by atoms with E-state index in [2.05, 4.69) is 0 Å². The molecule has 1 rings (SSSR count). The van der Waals surface area contributed by atoms with Crippen LogP contribution in [-0.4, -0.2) is 13.9 Å². The molecule has 0 saturated heterocycles. The summed E-state index contributed by atoms with van der Waals surface area (Å²) in [7, 11) is 1.55. The highest BCUT2D eigenvalue weighted by molar-refractivity contribution is 5.36. The molecular formula is C11H15FO2. The molecule has 0 unspecified atom stereocenters. The first-order chi connectivity index (χ1) is 6.65. The summed E-state index contributed by atoms with van der Waals surface area (Å²) >= 11 is 0. The fraction of sp³-hybridized carbons (Fsp3) is 0.455.